The fourth-order valence-electron chi connectivity index (χ4n) is 0.731. The van der Waals surface area contributed by atoms with Crippen molar-refractivity contribution in [1.82, 2.24) is 10.6 Å². The highest BCUT2D eigenvalue weighted by atomic mass is 16.3. The maximum atomic E-state index is 11.2. The van der Waals surface area contributed by atoms with E-state index < -0.39 is 17.4 Å². The van der Waals surface area contributed by atoms with Crippen LogP contribution in [0.25, 0.3) is 0 Å². The van der Waals surface area contributed by atoms with Crippen molar-refractivity contribution in [3.05, 3.63) is 0 Å². The summed E-state index contributed by atoms with van der Waals surface area (Å²) in [7, 11) is 0. The first-order valence-corrected chi connectivity index (χ1v) is 4.52. The standard InChI is InChI=1S/C9H18N2O3/c1-6(2)10-7(13)8(14)11-9(3,4)5-12/h6,12H,5H2,1-4H3,(H,10,13)(H,11,14). The van der Waals surface area contributed by atoms with E-state index in [9.17, 15) is 9.59 Å². The molecule has 0 rings (SSSR count). The topological polar surface area (TPSA) is 78.4 Å². The molecule has 0 spiro atoms. The maximum absolute atomic E-state index is 11.2. The summed E-state index contributed by atoms with van der Waals surface area (Å²) in [5.41, 5.74) is -0.772. The number of carbonyl (C=O) groups is 2. The predicted octanol–water partition coefficient (Wildman–Crippen LogP) is -0.602. The molecule has 0 aliphatic heterocycles. The smallest absolute Gasteiger partial charge is 0.309 e. The summed E-state index contributed by atoms with van der Waals surface area (Å²) in [6.45, 7) is 6.58. The molecule has 0 radical (unpaired) electrons. The van der Waals surface area contributed by atoms with Crippen molar-refractivity contribution in [1.29, 1.82) is 0 Å². The van der Waals surface area contributed by atoms with E-state index in [2.05, 4.69) is 10.6 Å². The molecule has 0 aromatic rings. The first-order chi connectivity index (χ1) is 6.28. The molecule has 0 aromatic heterocycles. The van der Waals surface area contributed by atoms with E-state index >= 15 is 0 Å². The number of hydrogen-bond acceptors (Lipinski definition) is 3. The van der Waals surface area contributed by atoms with Gasteiger partial charge in [-0.2, -0.15) is 0 Å². The molecule has 5 heteroatoms. The number of rotatable bonds is 3. The molecule has 2 amide bonds. The van der Waals surface area contributed by atoms with Crippen LogP contribution in [0.4, 0.5) is 0 Å². The highest BCUT2D eigenvalue weighted by Crippen LogP contribution is 1.98. The minimum Gasteiger partial charge on any atom is -0.394 e. The summed E-state index contributed by atoms with van der Waals surface area (Å²) in [6.07, 6.45) is 0. The summed E-state index contributed by atoms with van der Waals surface area (Å²) < 4.78 is 0. The lowest BCUT2D eigenvalue weighted by molar-refractivity contribution is -0.140. The molecule has 0 aliphatic rings. The number of aliphatic hydroxyl groups excluding tert-OH is 1. The van der Waals surface area contributed by atoms with E-state index in [4.69, 9.17) is 5.11 Å². The van der Waals surface area contributed by atoms with Crippen molar-refractivity contribution in [2.24, 2.45) is 0 Å². The van der Waals surface area contributed by atoms with Gasteiger partial charge in [0.15, 0.2) is 0 Å². The van der Waals surface area contributed by atoms with E-state index in [0.29, 0.717) is 0 Å². The van der Waals surface area contributed by atoms with E-state index in [1.807, 2.05) is 0 Å². The van der Waals surface area contributed by atoms with Gasteiger partial charge >= 0.3 is 11.8 Å². The van der Waals surface area contributed by atoms with E-state index in [1.165, 1.54) is 0 Å². The molecule has 0 saturated carbocycles. The zero-order valence-corrected chi connectivity index (χ0v) is 9.05. The third-order valence-corrected chi connectivity index (χ3v) is 1.47. The van der Waals surface area contributed by atoms with Crippen molar-refractivity contribution < 1.29 is 14.7 Å². The van der Waals surface area contributed by atoms with Gasteiger partial charge in [0, 0.05) is 6.04 Å². The van der Waals surface area contributed by atoms with Crippen molar-refractivity contribution >= 4 is 11.8 Å². The summed E-state index contributed by atoms with van der Waals surface area (Å²) in [5, 5.41) is 13.7. The predicted molar refractivity (Wildman–Crippen MR) is 52.6 cm³/mol. The minimum absolute atomic E-state index is 0.0783. The van der Waals surface area contributed by atoms with Gasteiger partial charge in [0.2, 0.25) is 0 Å². The Balaban J connectivity index is 4.15. The Bertz CT molecular complexity index is 224. The van der Waals surface area contributed by atoms with Gasteiger partial charge in [0.25, 0.3) is 0 Å². The number of amides is 2. The van der Waals surface area contributed by atoms with Crippen LogP contribution in [-0.2, 0) is 9.59 Å². The van der Waals surface area contributed by atoms with E-state index in [-0.39, 0.29) is 12.6 Å². The molecular formula is C9H18N2O3. The molecule has 14 heavy (non-hydrogen) atoms. The minimum atomic E-state index is -0.772. The lowest BCUT2D eigenvalue weighted by Crippen LogP contribution is -2.52. The average Bonchev–Trinajstić information content (AvgIpc) is 2.02. The van der Waals surface area contributed by atoms with Gasteiger partial charge < -0.3 is 15.7 Å². The Hall–Kier alpha value is -1.10. The Morgan fingerprint density at radius 2 is 1.79 bits per heavy atom. The van der Waals surface area contributed by atoms with Gasteiger partial charge in [0.1, 0.15) is 0 Å². The second kappa shape index (κ2) is 4.95. The molecule has 0 atom stereocenters. The van der Waals surface area contributed by atoms with Crippen molar-refractivity contribution in [3.63, 3.8) is 0 Å². The molecule has 0 bridgehead atoms. The van der Waals surface area contributed by atoms with Gasteiger partial charge in [-0.15, -0.1) is 0 Å². The fourth-order valence-corrected chi connectivity index (χ4v) is 0.731. The van der Waals surface area contributed by atoms with Crippen molar-refractivity contribution in [2.75, 3.05) is 6.61 Å². The number of aliphatic hydroxyl groups is 1. The Morgan fingerprint density at radius 3 is 2.14 bits per heavy atom. The average molecular weight is 202 g/mol. The first kappa shape index (κ1) is 12.9. The summed E-state index contributed by atoms with van der Waals surface area (Å²) in [5.74, 6) is -1.40. The molecule has 5 nitrogen and oxygen atoms in total. The van der Waals surface area contributed by atoms with Crippen LogP contribution in [0.3, 0.4) is 0 Å². The number of nitrogens with one attached hydrogen (secondary N) is 2. The quantitative estimate of drug-likeness (QED) is 0.535. The highest BCUT2D eigenvalue weighted by Gasteiger charge is 2.23. The van der Waals surface area contributed by atoms with Gasteiger partial charge in [-0.1, -0.05) is 0 Å². The molecule has 0 aliphatic carbocycles. The molecular weight excluding hydrogens is 184 g/mol. The lowest BCUT2D eigenvalue weighted by atomic mass is 10.1. The van der Waals surface area contributed by atoms with E-state index in [1.54, 1.807) is 27.7 Å². The number of carbonyl (C=O) groups excluding carboxylic acids is 2. The van der Waals surface area contributed by atoms with Crippen LogP contribution < -0.4 is 10.6 Å². The summed E-state index contributed by atoms with van der Waals surface area (Å²) in [6, 6.07) is -0.0783. The molecule has 0 fully saturated rings. The van der Waals surface area contributed by atoms with E-state index in [0.717, 1.165) is 0 Å². The SMILES string of the molecule is CC(C)NC(=O)C(=O)NC(C)(C)CO. The third kappa shape index (κ3) is 4.81. The molecule has 0 aromatic carbocycles. The van der Waals surface area contributed by atoms with Crippen LogP contribution in [-0.4, -0.2) is 35.1 Å². The van der Waals surface area contributed by atoms with Crippen molar-refractivity contribution in [2.45, 2.75) is 39.3 Å². The monoisotopic (exact) mass is 202 g/mol. The molecule has 0 saturated heterocycles. The maximum Gasteiger partial charge on any atom is 0.309 e. The Labute approximate surface area is 83.9 Å². The normalized spacial score (nSPS) is 11.3. The molecule has 82 valence electrons. The Kier molecular flexibility index (Phi) is 4.56. The zero-order chi connectivity index (χ0) is 11.4. The number of hydrogen-bond donors (Lipinski definition) is 3. The van der Waals surface area contributed by atoms with Crippen LogP contribution in [0.15, 0.2) is 0 Å². The van der Waals surface area contributed by atoms with Crippen LogP contribution >= 0.6 is 0 Å². The van der Waals surface area contributed by atoms with Gasteiger partial charge in [-0.3, -0.25) is 9.59 Å². The van der Waals surface area contributed by atoms with Crippen LogP contribution in [0.2, 0.25) is 0 Å². The largest absolute Gasteiger partial charge is 0.394 e. The summed E-state index contributed by atoms with van der Waals surface area (Å²) >= 11 is 0. The van der Waals surface area contributed by atoms with Crippen LogP contribution in [0.1, 0.15) is 27.7 Å². The first-order valence-electron chi connectivity index (χ1n) is 4.52. The fraction of sp³-hybridized carbons (Fsp3) is 0.778. The molecule has 0 heterocycles. The van der Waals surface area contributed by atoms with Gasteiger partial charge in [0.05, 0.1) is 12.1 Å². The molecule has 0 unspecified atom stereocenters. The lowest BCUT2D eigenvalue weighted by Gasteiger charge is -2.23. The molecule has 3 N–H and O–H groups in total. The van der Waals surface area contributed by atoms with Gasteiger partial charge in [-0.05, 0) is 27.7 Å². The zero-order valence-electron chi connectivity index (χ0n) is 9.05. The van der Waals surface area contributed by atoms with Crippen molar-refractivity contribution in [3.8, 4) is 0 Å². The van der Waals surface area contributed by atoms with Crippen LogP contribution in [0, 0.1) is 0 Å². The Morgan fingerprint density at radius 1 is 1.29 bits per heavy atom. The second-order valence-corrected chi connectivity index (χ2v) is 4.12. The second-order valence-electron chi connectivity index (χ2n) is 4.12. The highest BCUT2D eigenvalue weighted by molar-refractivity contribution is 6.35. The van der Waals surface area contributed by atoms with Gasteiger partial charge in [-0.25, -0.2) is 0 Å². The summed E-state index contributed by atoms with van der Waals surface area (Å²) in [4.78, 5) is 22.4. The third-order valence-electron chi connectivity index (χ3n) is 1.47. The van der Waals surface area contributed by atoms with Crippen LogP contribution in [0.5, 0.6) is 0 Å².